The van der Waals surface area contributed by atoms with Crippen molar-refractivity contribution < 1.29 is 19.1 Å². The van der Waals surface area contributed by atoms with Crippen LogP contribution in [0.25, 0.3) is 0 Å². The molecule has 7 heteroatoms. The lowest BCUT2D eigenvalue weighted by molar-refractivity contribution is -0.137. The van der Waals surface area contributed by atoms with Crippen LogP contribution in [0.2, 0.25) is 0 Å². The summed E-state index contributed by atoms with van der Waals surface area (Å²) in [4.78, 5) is 31.5. The van der Waals surface area contributed by atoms with Crippen LogP contribution >= 0.6 is 0 Å². The van der Waals surface area contributed by atoms with Crippen LogP contribution in [0.4, 0.5) is 4.79 Å². The number of amides is 1. The Hall–Kier alpha value is -2.83. The normalized spacial score (nSPS) is 15.4. The van der Waals surface area contributed by atoms with Gasteiger partial charge in [0.15, 0.2) is 0 Å². The number of rotatable bonds is 3. The average molecular weight is 373 g/mol. The van der Waals surface area contributed by atoms with Crippen molar-refractivity contribution in [3.05, 3.63) is 53.6 Å². The summed E-state index contributed by atoms with van der Waals surface area (Å²) >= 11 is 0. The topological polar surface area (TPSA) is 84.5 Å². The maximum Gasteiger partial charge on any atom is 0.410 e. The highest BCUT2D eigenvalue weighted by atomic mass is 16.6. The molecule has 0 saturated heterocycles. The first-order chi connectivity index (χ1) is 12.9. The summed E-state index contributed by atoms with van der Waals surface area (Å²) < 4.78 is 9.60. The highest BCUT2D eigenvalue weighted by Crippen LogP contribution is 2.33. The molecule has 1 unspecified atom stereocenters. The van der Waals surface area contributed by atoms with E-state index >= 15 is 0 Å². The lowest BCUT2D eigenvalue weighted by Gasteiger charge is -2.36. The van der Waals surface area contributed by atoms with Gasteiger partial charge in [0.25, 0.3) is 0 Å². The molecule has 1 amide bonds. The average Bonchev–Trinajstić information content (AvgIpc) is 3.15. The minimum Gasteiger partial charge on any atom is -0.469 e. The van der Waals surface area contributed by atoms with E-state index in [9.17, 15) is 9.59 Å². The van der Waals surface area contributed by atoms with Crippen molar-refractivity contribution in [2.75, 3.05) is 13.7 Å². The van der Waals surface area contributed by atoms with E-state index in [0.717, 1.165) is 23.4 Å². The molecule has 2 heterocycles. The van der Waals surface area contributed by atoms with Crippen LogP contribution in [-0.2, 0) is 27.3 Å². The number of methoxy groups -OCH3 is 1. The molecule has 2 aromatic rings. The Morgan fingerprint density at radius 2 is 1.96 bits per heavy atom. The number of ether oxygens (including phenoxy) is 2. The molecule has 3 rings (SSSR count). The third-order valence-electron chi connectivity index (χ3n) is 4.33. The zero-order valence-electron chi connectivity index (χ0n) is 16.3. The number of aromatic nitrogens is 2. The number of aromatic amines is 1. The zero-order chi connectivity index (χ0) is 19.8. The standard InChI is InChI=1S/C17H21N3O2.C3H6O2/c1-12(2)16-15-14(18-11-19-15)8-9-20(16)17(21)22-10-13-6-4-3-5-7-13;1-3(4)5-2/h3-7,11-12,16H,8-10H2,1-2H3,(H,18,19);1-2H3. The van der Waals surface area contributed by atoms with E-state index < -0.39 is 0 Å². The van der Waals surface area contributed by atoms with Gasteiger partial charge in [0.1, 0.15) is 6.61 Å². The van der Waals surface area contributed by atoms with Gasteiger partial charge in [-0.1, -0.05) is 44.2 Å². The molecule has 7 nitrogen and oxygen atoms in total. The Bertz CT molecular complexity index is 743. The summed E-state index contributed by atoms with van der Waals surface area (Å²) in [7, 11) is 1.35. The predicted molar refractivity (Wildman–Crippen MR) is 101 cm³/mol. The number of carbonyl (C=O) groups is 2. The van der Waals surface area contributed by atoms with Gasteiger partial charge in [-0.3, -0.25) is 9.69 Å². The second-order valence-corrected chi connectivity index (χ2v) is 6.63. The SMILES string of the molecule is CC(C)C1c2nc[nH]c2CCN1C(=O)OCc1ccccc1.COC(C)=O. The molecular formula is C20H27N3O4. The van der Waals surface area contributed by atoms with Crippen molar-refractivity contribution >= 4 is 12.1 Å². The lowest BCUT2D eigenvalue weighted by atomic mass is 9.94. The Balaban J connectivity index is 0.000000465. The van der Waals surface area contributed by atoms with Crippen LogP contribution < -0.4 is 0 Å². The predicted octanol–water partition coefficient (Wildman–Crippen LogP) is 3.48. The van der Waals surface area contributed by atoms with Crippen LogP contribution in [-0.4, -0.2) is 40.6 Å². The van der Waals surface area contributed by atoms with E-state index in [4.69, 9.17) is 4.74 Å². The first kappa shape index (κ1) is 20.5. The first-order valence-corrected chi connectivity index (χ1v) is 8.98. The first-order valence-electron chi connectivity index (χ1n) is 8.98. The maximum atomic E-state index is 12.5. The molecule has 0 spiro atoms. The highest BCUT2D eigenvalue weighted by Gasteiger charge is 2.35. The van der Waals surface area contributed by atoms with Gasteiger partial charge < -0.3 is 14.5 Å². The number of benzene rings is 1. The van der Waals surface area contributed by atoms with E-state index in [1.807, 2.05) is 30.3 Å². The van der Waals surface area contributed by atoms with Gasteiger partial charge >= 0.3 is 12.1 Å². The highest BCUT2D eigenvalue weighted by molar-refractivity contribution is 5.69. The van der Waals surface area contributed by atoms with Gasteiger partial charge in [0.2, 0.25) is 0 Å². The molecular weight excluding hydrogens is 346 g/mol. The van der Waals surface area contributed by atoms with Crippen molar-refractivity contribution in [1.82, 2.24) is 14.9 Å². The minimum absolute atomic E-state index is 0.0294. The Kier molecular flexibility index (Phi) is 7.40. The Labute approximate surface area is 159 Å². The monoisotopic (exact) mass is 373 g/mol. The molecule has 0 aliphatic carbocycles. The number of nitrogens with zero attached hydrogens (tertiary/aromatic N) is 2. The molecule has 0 bridgehead atoms. The molecule has 1 aliphatic heterocycles. The van der Waals surface area contributed by atoms with Gasteiger partial charge in [-0.2, -0.15) is 0 Å². The number of esters is 1. The smallest absolute Gasteiger partial charge is 0.410 e. The van der Waals surface area contributed by atoms with Gasteiger partial charge in [0.05, 0.1) is 25.2 Å². The van der Waals surface area contributed by atoms with E-state index in [1.54, 1.807) is 11.2 Å². The van der Waals surface area contributed by atoms with Gasteiger partial charge in [-0.25, -0.2) is 9.78 Å². The van der Waals surface area contributed by atoms with Crippen LogP contribution in [0.15, 0.2) is 36.7 Å². The van der Waals surface area contributed by atoms with E-state index in [1.165, 1.54) is 14.0 Å². The molecule has 27 heavy (non-hydrogen) atoms. The fourth-order valence-corrected chi connectivity index (χ4v) is 2.99. The van der Waals surface area contributed by atoms with Crippen LogP contribution in [0, 0.1) is 5.92 Å². The Morgan fingerprint density at radius 1 is 1.30 bits per heavy atom. The number of nitrogens with one attached hydrogen (secondary N) is 1. The van der Waals surface area contributed by atoms with Gasteiger partial charge in [-0.05, 0) is 11.5 Å². The molecule has 1 N–H and O–H groups in total. The van der Waals surface area contributed by atoms with Crippen molar-refractivity contribution in [1.29, 1.82) is 0 Å². The van der Waals surface area contributed by atoms with Crippen molar-refractivity contribution in [2.24, 2.45) is 5.92 Å². The lowest BCUT2D eigenvalue weighted by Crippen LogP contribution is -2.42. The van der Waals surface area contributed by atoms with E-state index in [0.29, 0.717) is 13.2 Å². The summed E-state index contributed by atoms with van der Waals surface area (Å²) in [6.07, 6.45) is 2.23. The number of H-pyrrole nitrogens is 1. The summed E-state index contributed by atoms with van der Waals surface area (Å²) in [6.45, 7) is 6.53. The molecule has 1 aromatic heterocycles. The summed E-state index contributed by atoms with van der Waals surface area (Å²) in [5, 5.41) is 0. The third-order valence-corrected chi connectivity index (χ3v) is 4.33. The number of hydrogen-bond acceptors (Lipinski definition) is 5. The molecule has 0 radical (unpaired) electrons. The van der Waals surface area contributed by atoms with Crippen LogP contribution in [0.5, 0.6) is 0 Å². The van der Waals surface area contributed by atoms with Gasteiger partial charge in [-0.15, -0.1) is 0 Å². The molecule has 0 fully saturated rings. The van der Waals surface area contributed by atoms with E-state index in [-0.39, 0.29) is 24.0 Å². The number of imidazole rings is 1. The van der Waals surface area contributed by atoms with Crippen molar-refractivity contribution in [3.8, 4) is 0 Å². The van der Waals surface area contributed by atoms with Gasteiger partial charge in [0, 0.05) is 25.6 Å². The molecule has 1 atom stereocenters. The molecule has 146 valence electrons. The second kappa shape index (κ2) is 9.75. The minimum atomic E-state index is -0.267. The number of fused-ring (bicyclic) bond motifs is 1. The molecule has 0 saturated carbocycles. The van der Waals surface area contributed by atoms with Crippen LogP contribution in [0.3, 0.4) is 0 Å². The second-order valence-electron chi connectivity index (χ2n) is 6.63. The molecule has 1 aliphatic rings. The zero-order valence-corrected chi connectivity index (χ0v) is 16.3. The van der Waals surface area contributed by atoms with Crippen LogP contribution in [0.1, 0.15) is 43.8 Å². The fourth-order valence-electron chi connectivity index (χ4n) is 2.99. The summed E-state index contributed by atoms with van der Waals surface area (Å²) in [6, 6.07) is 9.71. The third kappa shape index (κ3) is 5.57. The van der Waals surface area contributed by atoms with Crippen molar-refractivity contribution in [2.45, 2.75) is 39.8 Å². The summed E-state index contributed by atoms with van der Waals surface area (Å²) in [5.74, 6) is 0.0385. The summed E-state index contributed by atoms with van der Waals surface area (Å²) in [5.41, 5.74) is 3.10. The maximum absolute atomic E-state index is 12.5. The quantitative estimate of drug-likeness (QED) is 0.833. The largest absolute Gasteiger partial charge is 0.469 e. The Morgan fingerprint density at radius 3 is 2.56 bits per heavy atom. The number of hydrogen-bond donors (Lipinski definition) is 1. The van der Waals surface area contributed by atoms with Crippen molar-refractivity contribution in [3.63, 3.8) is 0 Å². The molecule has 1 aromatic carbocycles. The van der Waals surface area contributed by atoms with E-state index in [2.05, 4.69) is 28.6 Å². The fraction of sp³-hybridized carbons (Fsp3) is 0.450. The number of carbonyl (C=O) groups excluding carboxylic acids is 2.